The van der Waals surface area contributed by atoms with Crippen LogP contribution in [-0.4, -0.2) is 18.2 Å². The molecule has 2 aliphatic carbocycles. The van der Waals surface area contributed by atoms with Crippen LogP contribution in [0.1, 0.15) is 64.7 Å². The molecule has 0 heterocycles. The van der Waals surface area contributed by atoms with Crippen molar-refractivity contribution in [2.24, 2.45) is 11.7 Å². The van der Waals surface area contributed by atoms with E-state index in [2.05, 4.69) is 6.92 Å². The monoisotopic (exact) mass is 225 g/mol. The average molecular weight is 225 g/mol. The zero-order valence-electron chi connectivity index (χ0n) is 10.7. The molecule has 0 aromatic carbocycles. The minimum Gasteiger partial charge on any atom is -0.375 e. The molecule has 2 rings (SSSR count). The first-order chi connectivity index (χ1) is 7.79. The molecule has 0 saturated heterocycles. The summed E-state index contributed by atoms with van der Waals surface area (Å²) in [5, 5.41) is 0. The van der Waals surface area contributed by atoms with Gasteiger partial charge in [0.05, 0.1) is 12.2 Å². The quantitative estimate of drug-likeness (QED) is 0.800. The molecule has 0 spiro atoms. The Hall–Kier alpha value is -0.0800. The number of ether oxygens (including phenoxy) is 1. The Labute approximate surface area is 99.9 Å². The lowest BCUT2D eigenvalue weighted by atomic mass is 9.84. The fourth-order valence-corrected chi connectivity index (χ4v) is 3.29. The maximum absolute atomic E-state index is 6.33. The summed E-state index contributed by atoms with van der Waals surface area (Å²) in [5.74, 6) is 0.823. The van der Waals surface area contributed by atoms with Crippen molar-refractivity contribution in [3.8, 4) is 0 Å². The first kappa shape index (κ1) is 12.4. The number of hydrogen-bond donors (Lipinski definition) is 1. The van der Waals surface area contributed by atoms with Crippen molar-refractivity contribution in [3.63, 3.8) is 0 Å². The molecule has 2 N–H and O–H groups in total. The molecule has 0 radical (unpaired) electrons. The SMILES string of the molecule is CCC1CCCCC1OC1CCC(N)CC1. The molecule has 0 aliphatic heterocycles. The van der Waals surface area contributed by atoms with Crippen molar-refractivity contribution in [1.29, 1.82) is 0 Å². The van der Waals surface area contributed by atoms with E-state index in [0.717, 1.165) is 18.8 Å². The van der Waals surface area contributed by atoms with Gasteiger partial charge in [0.25, 0.3) is 0 Å². The van der Waals surface area contributed by atoms with E-state index >= 15 is 0 Å². The summed E-state index contributed by atoms with van der Waals surface area (Å²) in [6.07, 6.45) is 12.5. The van der Waals surface area contributed by atoms with Gasteiger partial charge in [-0.1, -0.05) is 26.2 Å². The van der Waals surface area contributed by atoms with Crippen LogP contribution in [0.3, 0.4) is 0 Å². The second-order valence-corrected chi connectivity index (χ2v) is 5.66. The van der Waals surface area contributed by atoms with Gasteiger partial charge in [-0.3, -0.25) is 0 Å². The van der Waals surface area contributed by atoms with Gasteiger partial charge in [-0.2, -0.15) is 0 Å². The zero-order chi connectivity index (χ0) is 11.4. The van der Waals surface area contributed by atoms with Crippen molar-refractivity contribution in [3.05, 3.63) is 0 Å². The van der Waals surface area contributed by atoms with Crippen LogP contribution in [0, 0.1) is 5.92 Å². The van der Waals surface area contributed by atoms with Crippen LogP contribution in [0.4, 0.5) is 0 Å². The Morgan fingerprint density at radius 2 is 1.69 bits per heavy atom. The van der Waals surface area contributed by atoms with Gasteiger partial charge < -0.3 is 10.5 Å². The third-order valence-corrected chi connectivity index (χ3v) is 4.45. The zero-order valence-corrected chi connectivity index (χ0v) is 10.7. The molecule has 2 fully saturated rings. The Kier molecular flexibility index (Phi) is 4.66. The van der Waals surface area contributed by atoms with Crippen LogP contribution in [-0.2, 0) is 4.74 Å². The van der Waals surface area contributed by atoms with E-state index < -0.39 is 0 Å². The summed E-state index contributed by atoms with van der Waals surface area (Å²) in [7, 11) is 0. The highest BCUT2D eigenvalue weighted by Crippen LogP contribution is 2.32. The fraction of sp³-hybridized carbons (Fsp3) is 1.00. The van der Waals surface area contributed by atoms with Gasteiger partial charge in [0.1, 0.15) is 0 Å². The Morgan fingerprint density at radius 3 is 2.38 bits per heavy atom. The largest absolute Gasteiger partial charge is 0.375 e. The van der Waals surface area contributed by atoms with Crippen molar-refractivity contribution >= 4 is 0 Å². The van der Waals surface area contributed by atoms with Crippen molar-refractivity contribution in [2.75, 3.05) is 0 Å². The third-order valence-electron chi connectivity index (χ3n) is 4.45. The summed E-state index contributed by atoms with van der Waals surface area (Å²) < 4.78 is 6.33. The normalized spacial score (nSPS) is 40.9. The van der Waals surface area contributed by atoms with Crippen LogP contribution in [0.2, 0.25) is 0 Å². The summed E-state index contributed by atoms with van der Waals surface area (Å²) in [4.78, 5) is 0. The van der Waals surface area contributed by atoms with Crippen LogP contribution in [0.15, 0.2) is 0 Å². The van der Waals surface area contributed by atoms with Crippen molar-refractivity contribution in [2.45, 2.75) is 83.0 Å². The van der Waals surface area contributed by atoms with E-state index in [1.807, 2.05) is 0 Å². The van der Waals surface area contributed by atoms with E-state index in [0.29, 0.717) is 18.2 Å². The van der Waals surface area contributed by atoms with Crippen molar-refractivity contribution < 1.29 is 4.74 Å². The highest BCUT2D eigenvalue weighted by Gasteiger charge is 2.28. The van der Waals surface area contributed by atoms with E-state index in [-0.39, 0.29) is 0 Å². The average Bonchev–Trinajstić information content (AvgIpc) is 2.33. The second kappa shape index (κ2) is 6.02. The molecule has 0 bridgehead atoms. The predicted molar refractivity (Wildman–Crippen MR) is 67.4 cm³/mol. The molecule has 0 aromatic heterocycles. The first-order valence-corrected chi connectivity index (χ1v) is 7.20. The summed E-state index contributed by atoms with van der Waals surface area (Å²) in [5.41, 5.74) is 5.93. The Morgan fingerprint density at radius 1 is 1.00 bits per heavy atom. The van der Waals surface area contributed by atoms with E-state index in [9.17, 15) is 0 Å². The van der Waals surface area contributed by atoms with Crippen LogP contribution < -0.4 is 5.73 Å². The fourth-order valence-electron chi connectivity index (χ4n) is 3.29. The van der Waals surface area contributed by atoms with Crippen LogP contribution in [0.25, 0.3) is 0 Å². The Bertz CT molecular complexity index is 199. The molecule has 16 heavy (non-hydrogen) atoms. The molecule has 2 heteroatoms. The highest BCUT2D eigenvalue weighted by molar-refractivity contribution is 4.80. The number of rotatable bonds is 3. The molecule has 2 aliphatic rings. The summed E-state index contributed by atoms with van der Waals surface area (Å²) in [6, 6.07) is 0.438. The number of hydrogen-bond acceptors (Lipinski definition) is 2. The minimum atomic E-state index is 0.438. The van der Waals surface area contributed by atoms with Gasteiger partial charge in [0.2, 0.25) is 0 Å². The lowest BCUT2D eigenvalue weighted by molar-refractivity contribution is -0.0743. The molecule has 2 saturated carbocycles. The van der Waals surface area contributed by atoms with E-state index in [1.165, 1.54) is 44.9 Å². The maximum Gasteiger partial charge on any atom is 0.0606 e. The second-order valence-electron chi connectivity index (χ2n) is 5.66. The molecule has 2 atom stereocenters. The highest BCUT2D eigenvalue weighted by atomic mass is 16.5. The lowest BCUT2D eigenvalue weighted by Crippen LogP contribution is -2.36. The van der Waals surface area contributed by atoms with Crippen LogP contribution in [0.5, 0.6) is 0 Å². The Balaban J connectivity index is 1.78. The van der Waals surface area contributed by atoms with Gasteiger partial charge in [-0.25, -0.2) is 0 Å². The van der Waals surface area contributed by atoms with E-state index in [1.54, 1.807) is 0 Å². The minimum absolute atomic E-state index is 0.438. The summed E-state index contributed by atoms with van der Waals surface area (Å²) in [6.45, 7) is 2.31. The smallest absolute Gasteiger partial charge is 0.0606 e. The van der Waals surface area contributed by atoms with Gasteiger partial charge in [0.15, 0.2) is 0 Å². The van der Waals surface area contributed by atoms with Gasteiger partial charge >= 0.3 is 0 Å². The maximum atomic E-state index is 6.33. The standard InChI is InChI=1S/C14H27NO/c1-2-11-5-3-4-6-14(11)16-13-9-7-12(15)8-10-13/h11-14H,2-10,15H2,1H3. The van der Waals surface area contributed by atoms with Gasteiger partial charge in [0, 0.05) is 6.04 Å². The lowest BCUT2D eigenvalue weighted by Gasteiger charge is -2.36. The number of nitrogens with two attached hydrogens (primary N) is 1. The van der Waals surface area contributed by atoms with Crippen molar-refractivity contribution in [1.82, 2.24) is 0 Å². The molecule has 94 valence electrons. The predicted octanol–water partition coefficient (Wildman–Crippen LogP) is 3.24. The molecule has 0 amide bonds. The topological polar surface area (TPSA) is 35.2 Å². The van der Waals surface area contributed by atoms with E-state index in [4.69, 9.17) is 10.5 Å². The molecule has 2 unspecified atom stereocenters. The molecular formula is C14H27NO. The van der Waals surface area contributed by atoms with Gasteiger partial charge in [-0.05, 0) is 44.4 Å². The molecule has 0 aromatic rings. The molecule has 2 nitrogen and oxygen atoms in total. The first-order valence-electron chi connectivity index (χ1n) is 7.20. The van der Waals surface area contributed by atoms with Gasteiger partial charge in [-0.15, -0.1) is 0 Å². The molecular weight excluding hydrogens is 198 g/mol. The summed E-state index contributed by atoms with van der Waals surface area (Å²) >= 11 is 0. The third kappa shape index (κ3) is 3.21. The van der Waals surface area contributed by atoms with Crippen LogP contribution >= 0.6 is 0 Å².